The maximum Gasteiger partial charge on any atom is 0.136 e. The fraction of sp³-hybridized carbons (Fsp3) is 0. The predicted molar refractivity (Wildman–Crippen MR) is 167 cm³/mol. The molecule has 0 aliphatic heterocycles. The molecule has 194 valence electrons. The highest BCUT2D eigenvalue weighted by Crippen LogP contribution is 2.43. The van der Waals surface area contributed by atoms with Crippen molar-refractivity contribution in [1.82, 2.24) is 0 Å². The van der Waals surface area contributed by atoms with Gasteiger partial charge in [-0.15, -0.1) is 0 Å². The van der Waals surface area contributed by atoms with E-state index in [1.54, 1.807) is 6.07 Å². The van der Waals surface area contributed by atoms with Gasteiger partial charge in [0.2, 0.25) is 0 Å². The molecule has 0 fully saturated rings. The molecule has 0 aliphatic carbocycles. The molecule has 0 bridgehead atoms. The molecule has 0 aliphatic rings. The molecule has 0 atom stereocenters. The number of hydrogen-bond acceptors (Lipinski definition) is 4. The maximum atomic E-state index is 10.6. The van der Waals surface area contributed by atoms with Crippen LogP contribution in [0.4, 0.5) is 0 Å². The number of nitriles is 2. The quantitative estimate of drug-likeness (QED) is 0.225. The van der Waals surface area contributed by atoms with Crippen LogP contribution < -0.4 is 0 Å². The smallest absolute Gasteiger partial charge is 0.136 e. The zero-order chi connectivity index (χ0) is 28.2. The number of hydrogen-bond donors (Lipinski definition) is 0. The van der Waals surface area contributed by atoms with Crippen LogP contribution in [0.15, 0.2) is 130 Å². The summed E-state index contributed by atoms with van der Waals surface area (Å²) in [7, 11) is 0. The zero-order valence-corrected chi connectivity index (χ0v) is 22.3. The Labute approximate surface area is 240 Å². The molecule has 0 unspecified atom stereocenters. The van der Waals surface area contributed by atoms with E-state index in [2.05, 4.69) is 42.5 Å². The lowest BCUT2D eigenvalue weighted by atomic mass is 9.86. The fourth-order valence-corrected chi connectivity index (χ4v) is 6.03. The third-order valence-corrected chi connectivity index (χ3v) is 7.96. The Bertz CT molecular complexity index is 2450. The molecule has 42 heavy (non-hydrogen) atoms. The molecule has 4 nitrogen and oxygen atoms in total. The summed E-state index contributed by atoms with van der Waals surface area (Å²) in [6.07, 6.45) is 0. The van der Waals surface area contributed by atoms with Crippen molar-refractivity contribution in [2.24, 2.45) is 0 Å². The van der Waals surface area contributed by atoms with E-state index >= 15 is 0 Å². The highest BCUT2D eigenvalue weighted by Gasteiger charge is 2.20. The molecule has 4 heteroatoms. The van der Waals surface area contributed by atoms with E-state index < -0.39 is 0 Å². The predicted octanol–water partition coefficient (Wildman–Crippen LogP) is 10.2. The maximum absolute atomic E-state index is 10.6. The summed E-state index contributed by atoms with van der Waals surface area (Å²) >= 11 is 0. The summed E-state index contributed by atoms with van der Waals surface area (Å²) in [5.74, 6) is 0. The van der Waals surface area contributed by atoms with Crippen LogP contribution in [0.2, 0.25) is 0 Å². The summed E-state index contributed by atoms with van der Waals surface area (Å²) in [6.45, 7) is 0. The van der Waals surface area contributed by atoms with Crippen LogP contribution in [0.5, 0.6) is 0 Å². The van der Waals surface area contributed by atoms with Crippen LogP contribution in [0, 0.1) is 22.7 Å². The van der Waals surface area contributed by atoms with Crippen molar-refractivity contribution in [1.29, 1.82) is 10.5 Å². The zero-order valence-electron chi connectivity index (χ0n) is 22.3. The van der Waals surface area contributed by atoms with E-state index in [1.807, 2.05) is 84.9 Å². The fourth-order valence-electron chi connectivity index (χ4n) is 6.03. The van der Waals surface area contributed by atoms with Gasteiger partial charge in [0, 0.05) is 32.7 Å². The SMILES string of the molecule is N#Cc1cccc(-c2cc(-c3ccc4c(c3)oc3ccccc34)cc(-c3cccc4oc5ccccc5c34)c2C#N)c1. The van der Waals surface area contributed by atoms with E-state index in [1.165, 1.54) is 0 Å². The van der Waals surface area contributed by atoms with Crippen LogP contribution in [-0.4, -0.2) is 0 Å². The van der Waals surface area contributed by atoms with E-state index in [0.717, 1.165) is 77.3 Å². The van der Waals surface area contributed by atoms with Crippen molar-refractivity contribution >= 4 is 43.9 Å². The van der Waals surface area contributed by atoms with Crippen molar-refractivity contribution in [2.45, 2.75) is 0 Å². The molecule has 0 N–H and O–H groups in total. The van der Waals surface area contributed by atoms with Crippen molar-refractivity contribution in [3.8, 4) is 45.5 Å². The van der Waals surface area contributed by atoms with Crippen molar-refractivity contribution in [2.75, 3.05) is 0 Å². The Kier molecular flexibility index (Phi) is 5.22. The van der Waals surface area contributed by atoms with Gasteiger partial charge in [0.1, 0.15) is 28.4 Å². The third-order valence-electron chi connectivity index (χ3n) is 7.96. The molecule has 8 rings (SSSR count). The standard InChI is InChI=1S/C38H20N2O2/c39-21-23-7-5-8-25(17-23)31-18-26(24-15-16-28-27-9-1-3-12-34(27)42-37(28)20-24)19-32(33(31)22-40)29-11-6-14-36-38(29)30-10-2-4-13-35(30)41-36/h1-20H. The molecule has 2 heterocycles. The Balaban J connectivity index is 1.45. The van der Waals surface area contributed by atoms with E-state index in [9.17, 15) is 10.5 Å². The van der Waals surface area contributed by atoms with E-state index in [0.29, 0.717) is 11.1 Å². The van der Waals surface area contributed by atoms with Gasteiger partial charge in [-0.05, 0) is 76.9 Å². The number of para-hydroxylation sites is 2. The minimum Gasteiger partial charge on any atom is -0.456 e. The van der Waals surface area contributed by atoms with Crippen LogP contribution in [0.1, 0.15) is 11.1 Å². The van der Waals surface area contributed by atoms with Crippen molar-refractivity contribution < 1.29 is 8.83 Å². The van der Waals surface area contributed by atoms with Gasteiger partial charge in [-0.3, -0.25) is 0 Å². The van der Waals surface area contributed by atoms with Gasteiger partial charge in [0.15, 0.2) is 0 Å². The lowest BCUT2D eigenvalue weighted by molar-refractivity contribution is 0.668. The summed E-state index contributed by atoms with van der Waals surface area (Å²) in [6, 6.07) is 44.5. The van der Waals surface area contributed by atoms with Gasteiger partial charge in [0.25, 0.3) is 0 Å². The summed E-state index contributed by atoms with van der Waals surface area (Å²) in [4.78, 5) is 0. The van der Waals surface area contributed by atoms with E-state index in [-0.39, 0.29) is 0 Å². The lowest BCUT2D eigenvalue weighted by Gasteiger charge is -2.15. The first-order valence-corrected chi connectivity index (χ1v) is 13.6. The summed E-state index contributed by atoms with van der Waals surface area (Å²) in [5, 5.41) is 24.3. The van der Waals surface area contributed by atoms with Gasteiger partial charge in [-0.25, -0.2) is 0 Å². The van der Waals surface area contributed by atoms with Crippen LogP contribution >= 0.6 is 0 Å². The minimum absolute atomic E-state index is 0.537. The molecule has 6 aromatic carbocycles. The molecule has 0 saturated heterocycles. The molecule has 8 aromatic rings. The lowest BCUT2D eigenvalue weighted by Crippen LogP contribution is -1.94. The molecule has 2 aromatic heterocycles. The Morgan fingerprint density at radius 3 is 1.95 bits per heavy atom. The molecule has 0 radical (unpaired) electrons. The van der Waals surface area contributed by atoms with Crippen LogP contribution in [0.3, 0.4) is 0 Å². The first kappa shape index (κ1) is 23.8. The number of benzene rings is 6. The minimum atomic E-state index is 0.537. The number of rotatable bonds is 3. The average Bonchev–Trinajstić information content (AvgIpc) is 3.62. The highest BCUT2D eigenvalue weighted by atomic mass is 16.3. The number of nitrogens with zero attached hydrogens (tertiary/aromatic N) is 2. The van der Waals surface area contributed by atoms with Crippen LogP contribution in [-0.2, 0) is 0 Å². The Morgan fingerprint density at radius 1 is 0.429 bits per heavy atom. The molecular formula is C38H20N2O2. The van der Waals surface area contributed by atoms with Crippen molar-refractivity contribution in [3.63, 3.8) is 0 Å². The monoisotopic (exact) mass is 536 g/mol. The molecule has 0 saturated carbocycles. The summed E-state index contributed by atoms with van der Waals surface area (Å²) < 4.78 is 12.4. The van der Waals surface area contributed by atoms with E-state index in [4.69, 9.17) is 8.83 Å². The second kappa shape index (κ2) is 9.24. The van der Waals surface area contributed by atoms with Crippen molar-refractivity contribution in [3.05, 3.63) is 132 Å². The molecule has 0 amide bonds. The molecular weight excluding hydrogens is 516 g/mol. The normalized spacial score (nSPS) is 11.3. The second-order valence-corrected chi connectivity index (χ2v) is 10.3. The average molecular weight is 537 g/mol. The number of fused-ring (bicyclic) bond motifs is 6. The number of furan rings is 2. The topological polar surface area (TPSA) is 73.9 Å². The van der Waals surface area contributed by atoms with Gasteiger partial charge < -0.3 is 8.83 Å². The Morgan fingerprint density at radius 2 is 1.12 bits per heavy atom. The van der Waals surface area contributed by atoms with Gasteiger partial charge >= 0.3 is 0 Å². The van der Waals surface area contributed by atoms with Gasteiger partial charge in [-0.2, -0.15) is 10.5 Å². The van der Waals surface area contributed by atoms with Gasteiger partial charge in [-0.1, -0.05) is 66.7 Å². The largest absolute Gasteiger partial charge is 0.456 e. The molecule has 0 spiro atoms. The Hall–Kier alpha value is -6.10. The van der Waals surface area contributed by atoms with Crippen LogP contribution in [0.25, 0.3) is 77.3 Å². The second-order valence-electron chi connectivity index (χ2n) is 10.3. The van der Waals surface area contributed by atoms with Gasteiger partial charge in [0.05, 0.1) is 17.2 Å². The first-order valence-electron chi connectivity index (χ1n) is 13.6. The highest BCUT2D eigenvalue weighted by molar-refractivity contribution is 6.13. The first-order chi connectivity index (χ1) is 20.7. The third kappa shape index (κ3) is 3.60. The summed E-state index contributed by atoms with van der Waals surface area (Å²) in [5.41, 5.74) is 9.47.